The molecule has 0 amide bonds. The minimum absolute atomic E-state index is 0.389. The topological polar surface area (TPSA) is 20.2 Å². The number of phenols is 1. The summed E-state index contributed by atoms with van der Waals surface area (Å²) < 4.78 is 0. The molecule has 1 aromatic heterocycles. The fraction of sp³-hybridized carbons (Fsp3) is 0.231. The quantitative estimate of drug-likeness (QED) is 0.773. The Morgan fingerprint density at radius 1 is 1.27 bits per heavy atom. The highest BCUT2D eigenvalue weighted by molar-refractivity contribution is 7.10. The molecular formula is C13H12OS. The number of aryl methyl sites for hydroxylation is 1. The zero-order valence-corrected chi connectivity index (χ0v) is 9.13. The molecule has 3 rings (SSSR count). The van der Waals surface area contributed by atoms with Gasteiger partial charge in [-0.25, -0.2) is 0 Å². The van der Waals surface area contributed by atoms with Crippen molar-refractivity contribution in [1.29, 1.82) is 0 Å². The maximum atomic E-state index is 9.42. The van der Waals surface area contributed by atoms with Crippen LogP contribution < -0.4 is 0 Å². The number of aromatic hydroxyl groups is 1. The monoisotopic (exact) mass is 216 g/mol. The van der Waals surface area contributed by atoms with Crippen LogP contribution in [0.5, 0.6) is 5.75 Å². The molecule has 15 heavy (non-hydrogen) atoms. The van der Waals surface area contributed by atoms with Crippen LogP contribution in [0.2, 0.25) is 0 Å². The van der Waals surface area contributed by atoms with Crippen LogP contribution in [0, 0.1) is 0 Å². The van der Waals surface area contributed by atoms with Gasteiger partial charge in [0.1, 0.15) is 5.75 Å². The lowest BCUT2D eigenvalue weighted by Crippen LogP contribution is -1.91. The Labute approximate surface area is 93.0 Å². The highest BCUT2D eigenvalue weighted by Gasteiger charge is 2.24. The summed E-state index contributed by atoms with van der Waals surface area (Å²) in [7, 11) is 0. The first-order chi connectivity index (χ1) is 7.34. The van der Waals surface area contributed by atoms with Crippen LogP contribution in [-0.2, 0) is 6.42 Å². The van der Waals surface area contributed by atoms with Gasteiger partial charge in [0.05, 0.1) is 0 Å². The third-order valence-corrected chi connectivity index (χ3v) is 4.08. The van der Waals surface area contributed by atoms with Crippen molar-refractivity contribution in [3.63, 3.8) is 0 Å². The predicted molar refractivity (Wildman–Crippen MR) is 62.6 cm³/mol. The Balaban J connectivity index is 2.05. The van der Waals surface area contributed by atoms with Crippen LogP contribution in [-0.4, -0.2) is 5.11 Å². The third kappa shape index (κ3) is 1.45. The van der Waals surface area contributed by atoms with Gasteiger partial charge in [0.15, 0.2) is 0 Å². The molecule has 1 unspecified atom stereocenters. The molecule has 1 aliphatic rings. The summed E-state index contributed by atoms with van der Waals surface area (Å²) in [5.41, 5.74) is 2.71. The second-order valence-electron chi connectivity index (χ2n) is 3.99. The molecule has 1 aliphatic carbocycles. The Kier molecular flexibility index (Phi) is 2.03. The van der Waals surface area contributed by atoms with E-state index in [1.165, 1.54) is 22.4 Å². The molecule has 0 bridgehead atoms. The first-order valence-corrected chi connectivity index (χ1v) is 6.08. The van der Waals surface area contributed by atoms with Gasteiger partial charge in [-0.15, -0.1) is 11.3 Å². The van der Waals surface area contributed by atoms with Crippen molar-refractivity contribution in [2.75, 3.05) is 0 Å². The molecule has 1 N–H and O–H groups in total. The standard InChI is InChI=1S/C13H12OS/c14-10-4-6-11-9(8-10)3-5-12(11)13-2-1-7-15-13/h1-2,4,6-8,12,14H,3,5H2. The molecule has 2 heteroatoms. The van der Waals surface area contributed by atoms with Gasteiger partial charge in [0.2, 0.25) is 0 Å². The van der Waals surface area contributed by atoms with E-state index < -0.39 is 0 Å². The van der Waals surface area contributed by atoms with Crippen LogP contribution in [0.15, 0.2) is 35.7 Å². The highest BCUT2D eigenvalue weighted by Crippen LogP contribution is 2.40. The summed E-state index contributed by atoms with van der Waals surface area (Å²) in [5, 5.41) is 11.5. The van der Waals surface area contributed by atoms with E-state index in [2.05, 4.69) is 23.6 Å². The van der Waals surface area contributed by atoms with Crippen molar-refractivity contribution in [2.45, 2.75) is 18.8 Å². The number of phenolic OH excluding ortho intramolecular Hbond substituents is 1. The molecule has 0 spiro atoms. The first kappa shape index (κ1) is 8.98. The van der Waals surface area contributed by atoms with E-state index in [9.17, 15) is 5.11 Å². The van der Waals surface area contributed by atoms with Gasteiger partial charge in [-0.2, -0.15) is 0 Å². The van der Waals surface area contributed by atoms with Crippen molar-refractivity contribution >= 4 is 11.3 Å². The zero-order chi connectivity index (χ0) is 10.3. The Morgan fingerprint density at radius 2 is 2.20 bits per heavy atom. The van der Waals surface area contributed by atoms with Gasteiger partial charge < -0.3 is 5.11 Å². The SMILES string of the molecule is Oc1ccc2c(c1)CCC2c1cccs1. The molecule has 0 saturated heterocycles. The molecule has 1 heterocycles. The number of benzene rings is 1. The fourth-order valence-corrected chi connectivity index (χ4v) is 3.27. The van der Waals surface area contributed by atoms with Gasteiger partial charge in [-0.05, 0) is 47.5 Å². The summed E-state index contributed by atoms with van der Waals surface area (Å²) in [5.74, 6) is 0.946. The largest absolute Gasteiger partial charge is 0.508 e. The van der Waals surface area contributed by atoms with Gasteiger partial charge in [-0.3, -0.25) is 0 Å². The molecule has 2 aromatic rings. The van der Waals surface area contributed by atoms with Crippen molar-refractivity contribution in [3.8, 4) is 5.75 Å². The Morgan fingerprint density at radius 3 is 3.00 bits per heavy atom. The first-order valence-electron chi connectivity index (χ1n) is 5.20. The second kappa shape index (κ2) is 3.38. The molecule has 1 aromatic carbocycles. The van der Waals surface area contributed by atoms with E-state index in [0.717, 1.165) is 6.42 Å². The summed E-state index contributed by atoms with van der Waals surface area (Å²) >= 11 is 1.83. The summed E-state index contributed by atoms with van der Waals surface area (Å²) in [6.45, 7) is 0. The number of fused-ring (bicyclic) bond motifs is 1. The lowest BCUT2D eigenvalue weighted by atomic mass is 10.00. The number of hydrogen-bond donors (Lipinski definition) is 1. The van der Waals surface area contributed by atoms with Gasteiger partial charge in [-0.1, -0.05) is 12.1 Å². The molecule has 0 saturated carbocycles. The molecule has 76 valence electrons. The van der Waals surface area contributed by atoms with Crippen molar-refractivity contribution in [1.82, 2.24) is 0 Å². The Hall–Kier alpha value is -1.28. The molecule has 1 nitrogen and oxygen atoms in total. The lowest BCUT2D eigenvalue weighted by molar-refractivity contribution is 0.474. The van der Waals surface area contributed by atoms with Gasteiger partial charge >= 0.3 is 0 Å². The zero-order valence-electron chi connectivity index (χ0n) is 8.31. The normalized spacial score (nSPS) is 19.1. The second-order valence-corrected chi connectivity index (χ2v) is 4.97. The molecular weight excluding hydrogens is 204 g/mol. The summed E-state index contributed by atoms with van der Waals surface area (Å²) in [4.78, 5) is 1.44. The maximum absolute atomic E-state index is 9.42. The summed E-state index contributed by atoms with van der Waals surface area (Å²) in [6.07, 6.45) is 2.27. The number of hydrogen-bond acceptors (Lipinski definition) is 2. The highest BCUT2D eigenvalue weighted by atomic mass is 32.1. The fourth-order valence-electron chi connectivity index (χ4n) is 2.39. The molecule has 0 radical (unpaired) electrons. The average molecular weight is 216 g/mol. The minimum atomic E-state index is 0.389. The van der Waals surface area contributed by atoms with Crippen LogP contribution in [0.4, 0.5) is 0 Å². The number of thiophene rings is 1. The van der Waals surface area contributed by atoms with Crippen molar-refractivity contribution in [2.24, 2.45) is 0 Å². The van der Waals surface area contributed by atoms with E-state index in [1.807, 2.05) is 17.4 Å². The van der Waals surface area contributed by atoms with Crippen LogP contribution in [0.1, 0.15) is 28.3 Å². The van der Waals surface area contributed by atoms with E-state index in [1.54, 1.807) is 6.07 Å². The van der Waals surface area contributed by atoms with Crippen molar-refractivity contribution in [3.05, 3.63) is 51.7 Å². The minimum Gasteiger partial charge on any atom is -0.508 e. The molecule has 1 atom stereocenters. The predicted octanol–water partition coefficient (Wildman–Crippen LogP) is 3.53. The van der Waals surface area contributed by atoms with Crippen LogP contribution in [0.25, 0.3) is 0 Å². The van der Waals surface area contributed by atoms with E-state index >= 15 is 0 Å². The van der Waals surface area contributed by atoms with Crippen LogP contribution in [0.3, 0.4) is 0 Å². The summed E-state index contributed by atoms with van der Waals surface area (Å²) in [6, 6.07) is 10.1. The maximum Gasteiger partial charge on any atom is 0.115 e. The molecule has 0 aliphatic heterocycles. The smallest absolute Gasteiger partial charge is 0.115 e. The van der Waals surface area contributed by atoms with Gasteiger partial charge in [0.25, 0.3) is 0 Å². The Bertz CT molecular complexity index is 473. The average Bonchev–Trinajstić information content (AvgIpc) is 2.82. The van der Waals surface area contributed by atoms with Crippen LogP contribution >= 0.6 is 11.3 Å². The van der Waals surface area contributed by atoms with E-state index in [0.29, 0.717) is 11.7 Å². The molecule has 0 fully saturated rings. The van der Waals surface area contributed by atoms with Crippen molar-refractivity contribution < 1.29 is 5.11 Å². The van der Waals surface area contributed by atoms with Gasteiger partial charge in [0, 0.05) is 10.8 Å². The van der Waals surface area contributed by atoms with E-state index in [4.69, 9.17) is 0 Å². The number of rotatable bonds is 1. The van der Waals surface area contributed by atoms with E-state index in [-0.39, 0.29) is 0 Å². The lowest BCUT2D eigenvalue weighted by Gasteiger charge is -2.08. The third-order valence-electron chi connectivity index (χ3n) is 3.09.